The van der Waals surface area contributed by atoms with Crippen molar-refractivity contribution in [2.45, 2.75) is 0 Å². The first-order valence-electron chi connectivity index (χ1n) is 2.12. The minimum Gasteiger partial charge on any atom is -0.324 e. The van der Waals surface area contributed by atoms with Crippen LogP contribution in [0.1, 0.15) is 0 Å². The molecule has 0 radical (unpaired) electrons. The average Bonchev–Trinajstić information content (AvgIpc) is 1.63. The highest BCUT2D eigenvalue weighted by Gasteiger charge is 2.09. The van der Waals surface area contributed by atoms with Crippen molar-refractivity contribution in [3.8, 4) is 0 Å². The van der Waals surface area contributed by atoms with Gasteiger partial charge < -0.3 is 9.79 Å². The minimum atomic E-state index is -3.96. The second-order valence-corrected chi connectivity index (χ2v) is 3.12. The van der Waals surface area contributed by atoms with Crippen molar-refractivity contribution in [2.75, 3.05) is 12.7 Å². The molecule has 2 N–H and O–H groups in total. The molecule has 0 aromatic rings. The summed E-state index contributed by atoms with van der Waals surface area (Å²) in [4.78, 5) is 18.7. The van der Waals surface area contributed by atoms with Gasteiger partial charge in [-0.05, 0) is 5.53 Å². The lowest BCUT2D eigenvalue weighted by atomic mass is 10.8. The molecule has 0 aliphatic rings. The van der Waals surface area contributed by atoms with Gasteiger partial charge in [0.05, 0.1) is 6.16 Å². The van der Waals surface area contributed by atoms with Gasteiger partial charge >= 0.3 is 7.60 Å². The summed E-state index contributed by atoms with van der Waals surface area (Å²) >= 11 is 0. The van der Waals surface area contributed by atoms with E-state index < -0.39 is 7.60 Å². The first-order valence-corrected chi connectivity index (χ1v) is 3.91. The normalized spacial score (nSPS) is 10.4. The summed E-state index contributed by atoms with van der Waals surface area (Å²) in [5, 5.41) is 2.95. The molecule has 0 aromatic carbocycles. The Balaban J connectivity index is 3.52. The molecule has 0 bridgehead atoms. The second kappa shape index (κ2) is 3.48. The van der Waals surface area contributed by atoms with Gasteiger partial charge in [-0.25, -0.2) is 0 Å². The molecule has 0 heterocycles. The van der Waals surface area contributed by atoms with Crippen molar-refractivity contribution in [1.82, 2.24) is 0 Å². The third-order valence-corrected chi connectivity index (χ3v) is 1.34. The van der Waals surface area contributed by atoms with Crippen molar-refractivity contribution in [2.24, 2.45) is 5.11 Å². The van der Waals surface area contributed by atoms with Gasteiger partial charge in [0, 0.05) is 11.5 Å². The molecule has 0 aliphatic carbocycles. The first-order chi connectivity index (χ1) is 4.06. The Bertz CT molecular complexity index is 168. The van der Waals surface area contributed by atoms with E-state index in [0.717, 1.165) is 0 Å². The second-order valence-electron chi connectivity index (χ2n) is 1.34. The van der Waals surface area contributed by atoms with Crippen molar-refractivity contribution in [1.29, 1.82) is 0 Å². The molecule has 0 saturated heterocycles. The van der Waals surface area contributed by atoms with Crippen molar-refractivity contribution >= 4 is 7.60 Å². The fourth-order valence-electron chi connectivity index (χ4n) is 0.220. The largest absolute Gasteiger partial charge is 0.325 e. The summed E-state index contributed by atoms with van der Waals surface area (Å²) in [7, 11) is -3.96. The van der Waals surface area contributed by atoms with Gasteiger partial charge in [0.15, 0.2) is 0 Å². The zero-order valence-corrected chi connectivity index (χ0v) is 5.40. The number of hydrogen-bond donors (Lipinski definition) is 2. The van der Waals surface area contributed by atoms with Crippen LogP contribution in [0.4, 0.5) is 0 Å². The smallest absolute Gasteiger partial charge is 0.324 e. The molecule has 7 heteroatoms. The average molecular weight is 151 g/mol. The molecule has 0 aromatic heterocycles. The van der Waals surface area contributed by atoms with Crippen LogP contribution < -0.4 is 0 Å². The number of azide groups is 1. The van der Waals surface area contributed by atoms with E-state index in [1.165, 1.54) is 0 Å². The van der Waals surface area contributed by atoms with E-state index in [9.17, 15) is 4.57 Å². The summed E-state index contributed by atoms with van der Waals surface area (Å²) in [6.45, 7) is -0.152. The van der Waals surface area contributed by atoms with Gasteiger partial charge in [-0.1, -0.05) is 5.11 Å². The Morgan fingerprint density at radius 1 is 1.67 bits per heavy atom. The lowest BCUT2D eigenvalue weighted by Crippen LogP contribution is -1.89. The SMILES string of the molecule is [N-]=[N+]=NCCP(=O)(O)O. The van der Waals surface area contributed by atoms with E-state index in [0.29, 0.717) is 0 Å². The molecule has 0 saturated carbocycles. The van der Waals surface area contributed by atoms with E-state index in [2.05, 4.69) is 10.0 Å². The molecular formula is C2H6N3O3P. The minimum absolute atomic E-state index is 0.152. The summed E-state index contributed by atoms with van der Waals surface area (Å²) in [6.07, 6.45) is -0.378. The first kappa shape index (κ1) is 8.46. The maximum absolute atomic E-state index is 10.0. The Kier molecular flexibility index (Phi) is 3.27. The number of nitrogens with zero attached hydrogens (tertiary/aromatic N) is 3. The molecule has 0 amide bonds. The van der Waals surface area contributed by atoms with E-state index in [-0.39, 0.29) is 12.7 Å². The third kappa shape index (κ3) is 7.46. The Morgan fingerprint density at radius 2 is 2.22 bits per heavy atom. The molecule has 0 unspecified atom stereocenters. The molecule has 0 atom stereocenters. The summed E-state index contributed by atoms with van der Waals surface area (Å²) < 4.78 is 10.0. The van der Waals surface area contributed by atoms with Crippen LogP contribution in [0.3, 0.4) is 0 Å². The van der Waals surface area contributed by atoms with Crippen LogP contribution in [-0.2, 0) is 4.57 Å². The van der Waals surface area contributed by atoms with Gasteiger partial charge in [-0.15, -0.1) is 0 Å². The highest BCUT2D eigenvalue weighted by molar-refractivity contribution is 7.51. The lowest BCUT2D eigenvalue weighted by Gasteiger charge is -1.96. The topological polar surface area (TPSA) is 106 Å². The predicted octanol–water partition coefficient (Wildman–Crippen LogP) is 0.474. The van der Waals surface area contributed by atoms with Crippen molar-refractivity contribution < 1.29 is 14.4 Å². The summed E-state index contributed by atoms with van der Waals surface area (Å²) in [5.74, 6) is 0. The molecule has 52 valence electrons. The Labute approximate surface area is 51.3 Å². The van der Waals surface area contributed by atoms with Gasteiger partial charge in [0.1, 0.15) is 0 Å². The van der Waals surface area contributed by atoms with Crippen LogP contribution in [0.2, 0.25) is 0 Å². The van der Waals surface area contributed by atoms with Crippen LogP contribution in [0.15, 0.2) is 5.11 Å². The molecule has 0 spiro atoms. The number of rotatable bonds is 3. The fraction of sp³-hybridized carbons (Fsp3) is 1.00. The maximum atomic E-state index is 10.0. The van der Waals surface area contributed by atoms with Crippen molar-refractivity contribution in [3.05, 3.63) is 10.4 Å². The molecule has 9 heavy (non-hydrogen) atoms. The molecule has 0 fully saturated rings. The monoisotopic (exact) mass is 151 g/mol. The number of hydrogen-bond acceptors (Lipinski definition) is 2. The van der Waals surface area contributed by atoms with Crippen molar-refractivity contribution in [3.63, 3.8) is 0 Å². The highest BCUT2D eigenvalue weighted by Crippen LogP contribution is 2.33. The predicted molar refractivity (Wildman–Crippen MR) is 30.9 cm³/mol. The maximum Gasteiger partial charge on any atom is 0.325 e. The standard InChI is InChI=1S/C2H6N3O3P/c3-5-4-1-2-9(6,7)8/h1-2H2,(H2,6,7,8). The molecule has 0 aliphatic heterocycles. The zero-order chi connectivity index (χ0) is 7.33. The Hall–Kier alpha value is -0.540. The lowest BCUT2D eigenvalue weighted by molar-refractivity contribution is 0.373. The van der Waals surface area contributed by atoms with Gasteiger partial charge in [0.25, 0.3) is 0 Å². The van der Waals surface area contributed by atoms with E-state index in [1.807, 2.05) is 0 Å². The zero-order valence-electron chi connectivity index (χ0n) is 4.51. The van der Waals surface area contributed by atoms with Crippen LogP contribution in [0.5, 0.6) is 0 Å². The highest BCUT2D eigenvalue weighted by atomic mass is 31.2. The van der Waals surface area contributed by atoms with Crippen LogP contribution in [0, 0.1) is 0 Å². The quantitative estimate of drug-likeness (QED) is 0.265. The fourth-order valence-corrected chi connectivity index (χ4v) is 0.570. The molecular weight excluding hydrogens is 145 g/mol. The molecule has 6 nitrogen and oxygen atoms in total. The van der Waals surface area contributed by atoms with Gasteiger partial charge in [0.2, 0.25) is 0 Å². The van der Waals surface area contributed by atoms with E-state index >= 15 is 0 Å². The van der Waals surface area contributed by atoms with E-state index in [4.69, 9.17) is 15.3 Å². The van der Waals surface area contributed by atoms with Gasteiger partial charge in [-0.3, -0.25) is 4.57 Å². The third-order valence-electron chi connectivity index (χ3n) is 0.555. The van der Waals surface area contributed by atoms with Crippen LogP contribution in [0.25, 0.3) is 10.4 Å². The van der Waals surface area contributed by atoms with Crippen LogP contribution in [-0.4, -0.2) is 22.5 Å². The van der Waals surface area contributed by atoms with Gasteiger partial charge in [-0.2, -0.15) is 0 Å². The van der Waals surface area contributed by atoms with E-state index in [1.54, 1.807) is 0 Å². The summed E-state index contributed by atoms with van der Waals surface area (Å²) in [5.41, 5.74) is 7.67. The van der Waals surface area contributed by atoms with Crippen LogP contribution >= 0.6 is 7.60 Å². The molecule has 0 rings (SSSR count). The Morgan fingerprint density at radius 3 is 2.56 bits per heavy atom. The summed E-state index contributed by atoms with van der Waals surface area (Å²) in [6, 6.07) is 0.